The van der Waals surface area contributed by atoms with E-state index < -0.39 is 12.6 Å². The number of benzene rings is 1. The Kier molecular flexibility index (Phi) is 4.88. The first kappa shape index (κ1) is 15.8. The van der Waals surface area contributed by atoms with Crippen molar-refractivity contribution < 1.29 is 18.0 Å². The number of aryl methyl sites for hydroxylation is 1. The Morgan fingerprint density at radius 1 is 1.33 bits per heavy atom. The maximum absolute atomic E-state index is 12.4. The molecule has 0 aromatic heterocycles. The molecule has 0 saturated carbocycles. The van der Waals surface area contributed by atoms with E-state index in [2.05, 4.69) is 10.6 Å². The standard InChI is InChI=1S/C15H19F3N2O/c1-19-12(7-8-15(16,17)18)11-5-6-13-10(9-11)3-2-4-14(21)20-13/h5-6,9,12,19H,2-4,7-8H2,1H3,(H,20,21). The van der Waals surface area contributed by atoms with Crippen molar-refractivity contribution in [1.29, 1.82) is 0 Å². The van der Waals surface area contributed by atoms with E-state index in [0.717, 1.165) is 29.7 Å². The van der Waals surface area contributed by atoms with Gasteiger partial charge >= 0.3 is 6.18 Å². The molecule has 1 aliphatic rings. The lowest BCUT2D eigenvalue weighted by molar-refractivity contribution is -0.136. The summed E-state index contributed by atoms with van der Waals surface area (Å²) in [4.78, 5) is 11.5. The first-order valence-electron chi connectivity index (χ1n) is 7.06. The number of carbonyl (C=O) groups excluding carboxylic acids is 1. The molecule has 3 nitrogen and oxygen atoms in total. The lowest BCUT2D eigenvalue weighted by atomic mass is 9.97. The SMILES string of the molecule is CNC(CCC(F)(F)F)c1ccc2c(c1)CCCC(=O)N2. The molecule has 6 heteroatoms. The zero-order valence-electron chi connectivity index (χ0n) is 11.9. The van der Waals surface area contributed by atoms with Gasteiger partial charge in [-0.15, -0.1) is 0 Å². The summed E-state index contributed by atoms with van der Waals surface area (Å²) in [6.07, 6.45) is -2.95. The van der Waals surface area contributed by atoms with E-state index in [0.29, 0.717) is 6.42 Å². The number of hydrogen-bond donors (Lipinski definition) is 2. The number of hydrogen-bond acceptors (Lipinski definition) is 2. The van der Waals surface area contributed by atoms with Crippen LogP contribution in [0.3, 0.4) is 0 Å². The van der Waals surface area contributed by atoms with Gasteiger partial charge in [0.2, 0.25) is 5.91 Å². The zero-order valence-corrected chi connectivity index (χ0v) is 11.9. The Morgan fingerprint density at radius 2 is 2.10 bits per heavy atom. The molecule has 1 unspecified atom stereocenters. The number of fused-ring (bicyclic) bond motifs is 1. The van der Waals surface area contributed by atoms with Crippen molar-refractivity contribution in [2.75, 3.05) is 12.4 Å². The molecular formula is C15H19F3N2O. The van der Waals surface area contributed by atoms with E-state index in [1.165, 1.54) is 0 Å². The smallest absolute Gasteiger partial charge is 0.326 e. The van der Waals surface area contributed by atoms with Crippen LogP contribution in [-0.2, 0) is 11.2 Å². The second-order valence-corrected chi connectivity index (χ2v) is 5.31. The van der Waals surface area contributed by atoms with E-state index >= 15 is 0 Å². The molecule has 0 bridgehead atoms. The first-order chi connectivity index (χ1) is 9.89. The normalized spacial score (nSPS) is 16.9. The van der Waals surface area contributed by atoms with Crippen molar-refractivity contribution in [2.45, 2.75) is 44.3 Å². The largest absolute Gasteiger partial charge is 0.389 e. The molecule has 2 rings (SSSR count). The third-order valence-corrected chi connectivity index (χ3v) is 3.72. The van der Waals surface area contributed by atoms with Crippen LogP contribution in [0.25, 0.3) is 0 Å². The Bertz CT molecular complexity index is 514. The van der Waals surface area contributed by atoms with Gasteiger partial charge in [0.05, 0.1) is 0 Å². The molecule has 0 spiro atoms. The Morgan fingerprint density at radius 3 is 2.76 bits per heavy atom. The summed E-state index contributed by atoms with van der Waals surface area (Å²) >= 11 is 0. The first-order valence-corrected chi connectivity index (χ1v) is 7.06. The molecule has 1 atom stereocenters. The quantitative estimate of drug-likeness (QED) is 0.892. The highest BCUT2D eigenvalue weighted by atomic mass is 19.4. The van der Waals surface area contributed by atoms with Crippen LogP contribution in [0, 0.1) is 0 Å². The summed E-state index contributed by atoms with van der Waals surface area (Å²) < 4.78 is 37.1. The average Bonchev–Trinajstić information content (AvgIpc) is 2.58. The minimum atomic E-state index is -4.14. The fourth-order valence-corrected chi connectivity index (χ4v) is 2.60. The number of halogens is 3. The van der Waals surface area contributed by atoms with Crippen molar-refractivity contribution in [3.8, 4) is 0 Å². The van der Waals surface area contributed by atoms with Crippen molar-refractivity contribution >= 4 is 11.6 Å². The van der Waals surface area contributed by atoms with Crippen LogP contribution < -0.4 is 10.6 Å². The lowest BCUT2D eigenvalue weighted by Gasteiger charge is -2.19. The predicted molar refractivity (Wildman–Crippen MR) is 75.1 cm³/mol. The van der Waals surface area contributed by atoms with Gasteiger partial charge in [-0.1, -0.05) is 12.1 Å². The molecule has 0 fully saturated rings. The fraction of sp³-hybridized carbons (Fsp3) is 0.533. The highest BCUT2D eigenvalue weighted by Crippen LogP contribution is 2.30. The van der Waals surface area contributed by atoms with Gasteiger partial charge in [-0.05, 0) is 43.5 Å². The molecule has 116 valence electrons. The molecule has 2 N–H and O–H groups in total. The van der Waals surface area contributed by atoms with Crippen LogP contribution in [0.1, 0.15) is 42.9 Å². The molecule has 1 amide bonds. The number of anilines is 1. The third kappa shape index (κ3) is 4.46. The van der Waals surface area contributed by atoms with Crippen LogP contribution in [0.4, 0.5) is 18.9 Å². The van der Waals surface area contributed by atoms with Crippen LogP contribution in [0.15, 0.2) is 18.2 Å². The van der Waals surface area contributed by atoms with E-state index in [9.17, 15) is 18.0 Å². The number of amides is 1. The summed E-state index contributed by atoms with van der Waals surface area (Å²) in [6.45, 7) is 0. The summed E-state index contributed by atoms with van der Waals surface area (Å²) in [5.41, 5.74) is 2.59. The number of nitrogens with one attached hydrogen (secondary N) is 2. The van der Waals surface area contributed by atoms with Gasteiger partial charge in [-0.2, -0.15) is 13.2 Å². The Labute approximate surface area is 121 Å². The molecule has 0 aliphatic carbocycles. The molecule has 0 saturated heterocycles. The maximum Gasteiger partial charge on any atom is 0.389 e. The van der Waals surface area contributed by atoms with Gasteiger partial charge in [-0.3, -0.25) is 4.79 Å². The van der Waals surface area contributed by atoms with Crippen molar-refractivity contribution in [3.63, 3.8) is 0 Å². The van der Waals surface area contributed by atoms with E-state index in [-0.39, 0.29) is 18.4 Å². The van der Waals surface area contributed by atoms with Crippen LogP contribution >= 0.6 is 0 Å². The average molecular weight is 300 g/mol. The summed E-state index contributed by atoms with van der Waals surface area (Å²) in [6, 6.07) is 5.13. The molecule has 1 aliphatic heterocycles. The summed E-state index contributed by atoms with van der Waals surface area (Å²) in [5, 5.41) is 5.76. The molecule has 1 heterocycles. The van der Waals surface area contributed by atoms with Gasteiger partial charge in [-0.25, -0.2) is 0 Å². The van der Waals surface area contributed by atoms with Gasteiger partial charge in [0.1, 0.15) is 0 Å². The van der Waals surface area contributed by atoms with E-state index in [1.807, 2.05) is 6.07 Å². The van der Waals surface area contributed by atoms with Gasteiger partial charge in [0.15, 0.2) is 0 Å². The maximum atomic E-state index is 12.4. The molecule has 1 aromatic rings. The second kappa shape index (κ2) is 6.47. The highest BCUT2D eigenvalue weighted by molar-refractivity contribution is 5.92. The second-order valence-electron chi connectivity index (χ2n) is 5.31. The van der Waals surface area contributed by atoms with Crippen molar-refractivity contribution in [3.05, 3.63) is 29.3 Å². The Balaban J connectivity index is 2.15. The molecule has 0 radical (unpaired) electrons. The van der Waals surface area contributed by atoms with Crippen LogP contribution in [0.2, 0.25) is 0 Å². The fourth-order valence-electron chi connectivity index (χ4n) is 2.60. The molecule has 21 heavy (non-hydrogen) atoms. The molecular weight excluding hydrogens is 281 g/mol. The van der Waals surface area contributed by atoms with Gasteiger partial charge in [0.25, 0.3) is 0 Å². The van der Waals surface area contributed by atoms with E-state index in [4.69, 9.17) is 0 Å². The van der Waals surface area contributed by atoms with Gasteiger partial charge < -0.3 is 10.6 Å². The number of rotatable bonds is 4. The number of alkyl halides is 3. The van der Waals surface area contributed by atoms with Crippen LogP contribution in [0.5, 0.6) is 0 Å². The molecule has 1 aromatic carbocycles. The minimum Gasteiger partial charge on any atom is -0.326 e. The van der Waals surface area contributed by atoms with Gasteiger partial charge in [0, 0.05) is 24.6 Å². The monoisotopic (exact) mass is 300 g/mol. The zero-order chi connectivity index (χ0) is 15.5. The van der Waals surface area contributed by atoms with E-state index in [1.54, 1.807) is 19.2 Å². The number of carbonyl (C=O) groups is 1. The third-order valence-electron chi connectivity index (χ3n) is 3.72. The van der Waals surface area contributed by atoms with Crippen molar-refractivity contribution in [2.24, 2.45) is 0 Å². The summed E-state index contributed by atoms with van der Waals surface area (Å²) in [5.74, 6) is -0.0104. The van der Waals surface area contributed by atoms with Crippen LogP contribution in [-0.4, -0.2) is 19.1 Å². The summed E-state index contributed by atoms with van der Waals surface area (Å²) in [7, 11) is 1.66. The highest BCUT2D eigenvalue weighted by Gasteiger charge is 2.28. The van der Waals surface area contributed by atoms with Crippen molar-refractivity contribution in [1.82, 2.24) is 5.32 Å². The lowest BCUT2D eigenvalue weighted by Crippen LogP contribution is -2.20. The topological polar surface area (TPSA) is 41.1 Å². The Hall–Kier alpha value is -1.56. The predicted octanol–water partition coefficient (Wildman–Crippen LogP) is 3.56. The minimum absolute atomic E-state index is 0.00510.